The fourth-order valence-corrected chi connectivity index (χ4v) is 2.44. The molecule has 0 atom stereocenters. The molecule has 0 spiro atoms. The Morgan fingerprint density at radius 3 is 2.44 bits per heavy atom. The van der Waals surface area contributed by atoms with Crippen LogP contribution in [0.4, 0.5) is 5.69 Å². The molecule has 1 aromatic carbocycles. The fourth-order valence-electron chi connectivity index (χ4n) is 1.30. The molecule has 18 heavy (non-hydrogen) atoms. The van der Waals surface area contributed by atoms with E-state index in [9.17, 15) is 8.42 Å². The van der Waals surface area contributed by atoms with E-state index in [2.05, 4.69) is 4.72 Å². The molecule has 3 N–H and O–H groups in total. The number of nitrogens with zero attached hydrogens (tertiary/aromatic N) is 2. The van der Waals surface area contributed by atoms with Gasteiger partial charge in [0.25, 0.3) is 0 Å². The molecular weight excluding hydrogens is 252 g/mol. The maximum Gasteiger partial charge on any atom is 0.232 e. The van der Waals surface area contributed by atoms with Crippen molar-refractivity contribution in [2.24, 2.45) is 5.73 Å². The minimum Gasteiger partial charge on any atom is -0.330 e. The second-order valence-electron chi connectivity index (χ2n) is 3.55. The summed E-state index contributed by atoms with van der Waals surface area (Å²) in [5, 5.41) is 17.6. The molecule has 0 heterocycles. The molecule has 1 aromatic rings. The molecule has 7 heteroatoms. The van der Waals surface area contributed by atoms with Gasteiger partial charge in [-0.3, -0.25) is 4.72 Å². The Kier molecular flexibility index (Phi) is 4.67. The molecule has 0 saturated heterocycles. The zero-order valence-corrected chi connectivity index (χ0v) is 10.4. The number of hydrogen-bond acceptors (Lipinski definition) is 5. The SMILES string of the molecule is N#Cc1ccc(NS(=O)(=O)CCCN)cc1C#N. The van der Waals surface area contributed by atoms with Gasteiger partial charge in [-0.25, -0.2) is 8.42 Å². The summed E-state index contributed by atoms with van der Waals surface area (Å²) in [6, 6.07) is 7.87. The lowest BCUT2D eigenvalue weighted by atomic mass is 10.1. The van der Waals surface area contributed by atoms with Crippen molar-refractivity contribution in [3.63, 3.8) is 0 Å². The quantitative estimate of drug-likeness (QED) is 0.803. The molecule has 0 amide bonds. The third-order valence-electron chi connectivity index (χ3n) is 2.15. The lowest BCUT2D eigenvalue weighted by Crippen LogP contribution is -2.19. The van der Waals surface area contributed by atoms with E-state index < -0.39 is 10.0 Å². The average molecular weight is 264 g/mol. The number of rotatable bonds is 5. The molecule has 0 bridgehead atoms. The molecule has 1 rings (SSSR count). The predicted octanol–water partition coefficient (Wildman–Crippen LogP) is 0.520. The van der Waals surface area contributed by atoms with Gasteiger partial charge in [0, 0.05) is 5.69 Å². The van der Waals surface area contributed by atoms with Crippen LogP contribution in [0.25, 0.3) is 0 Å². The summed E-state index contributed by atoms with van der Waals surface area (Å²) in [5.41, 5.74) is 5.85. The highest BCUT2D eigenvalue weighted by Crippen LogP contribution is 2.16. The Morgan fingerprint density at radius 2 is 1.89 bits per heavy atom. The van der Waals surface area contributed by atoms with Crippen molar-refractivity contribution in [1.29, 1.82) is 10.5 Å². The van der Waals surface area contributed by atoms with E-state index in [0.29, 0.717) is 6.42 Å². The van der Waals surface area contributed by atoms with Gasteiger partial charge in [0.05, 0.1) is 16.9 Å². The van der Waals surface area contributed by atoms with Crippen LogP contribution in [-0.4, -0.2) is 20.7 Å². The van der Waals surface area contributed by atoms with Crippen LogP contribution >= 0.6 is 0 Å². The number of nitrogens with one attached hydrogen (secondary N) is 1. The fraction of sp³-hybridized carbons (Fsp3) is 0.273. The average Bonchev–Trinajstić information content (AvgIpc) is 2.35. The first kappa shape index (κ1) is 14.0. The van der Waals surface area contributed by atoms with Crippen LogP contribution in [0.2, 0.25) is 0 Å². The first-order chi connectivity index (χ1) is 8.52. The van der Waals surface area contributed by atoms with Crippen molar-refractivity contribution in [1.82, 2.24) is 0 Å². The normalized spacial score (nSPS) is 10.4. The van der Waals surface area contributed by atoms with Crippen LogP contribution in [-0.2, 0) is 10.0 Å². The Labute approximate surface area is 106 Å². The summed E-state index contributed by atoms with van der Waals surface area (Å²) >= 11 is 0. The lowest BCUT2D eigenvalue weighted by Gasteiger charge is -2.07. The monoisotopic (exact) mass is 264 g/mol. The number of nitriles is 2. The highest BCUT2D eigenvalue weighted by molar-refractivity contribution is 7.92. The van der Waals surface area contributed by atoms with Crippen molar-refractivity contribution in [2.75, 3.05) is 17.0 Å². The van der Waals surface area contributed by atoms with Gasteiger partial charge in [0.15, 0.2) is 0 Å². The van der Waals surface area contributed by atoms with Crippen molar-refractivity contribution >= 4 is 15.7 Å². The van der Waals surface area contributed by atoms with Gasteiger partial charge in [-0.2, -0.15) is 10.5 Å². The van der Waals surface area contributed by atoms with Crippen LogP contribution in [0.3, 0.4) is 0 Å². The molecule has 0 fully saturated rings. The van der Waals surface area contributed by atoms with Gasteiger partial charge in [0.2, 0.25) is 10.0 Å². The topological polar surface area (TPSA) is 120 Å². The molecule has 0 unspecified atom stereocenters. The van der Waals surface area contributed by atoms with Gasteiger partial charge in [-0.1, -0.05) is 0 Å². The number of anilines is 1. The number of benzene rings is 1. The third kappa shape index (κ3) is 3.74. The van der Waals surface area contributed by atoms with Crippen molar-refractivity contribution in [3.8, 4) is 12.1 Å². The van der Waals surface area contributed by atoms with Crippen LogP contribution in [0, 0.1) is 22.7 Å². The zero-order chi connectivity index (χ0) is 13.6. The molecule has 0 aromatic heterocycles. The first-order valence-electron chi connectivity index (χ1n) is 5.17. The predicted molar refractivity (Wildman–Crippen MR) is 67.0 cm³/mol. The molecule has 0 aliphatic rings. The van der Waals surface area contributed by atoms with E-state index in [0.717, 1.165) is 0 Å². The van der Waals surface area contributed by atoms with Gasteiger partial charge >= 0.3 is 0 Å². The van der Waals surface area contributed by atoms with Gasteiger partial charge in [0.1, 0.15) is 12.1 Å². The Bertz CT molecular complexity index is 611. The Balaban J connectivity index is 2.94. The van der Waals surface area contributed by atoms with E-state index in [1.165, 1.54) is 18.2 Å². The lowest BCUT2D eigenvalue weighted by molar-refractivity contribution is 0.599. The maximum atomic E-state index is 11.6. The van der Waals surface area contributed by atoms with E-state index in [-0.39, 0.29) is 29.1 Å². The number of sulfonamides is 1. The highest BCUT2D eigenvalue weighted by Gasteiger charge is 2.11. The summed E-state index contributed by atoms with van der Waals surface area (Å²) in [7, 11) is -3.46. The number of nitrogens with two attached hydrogens (primary N) is 1. The summed E-state index contributed by atoms with van der Waals surface area (Å²) < 4.78 is 25.5. The molecule has 0 aliphatic carbocycles. The van der Waals surface area contributed by atoms with Crippen LogP contribution in [0.5, 0.6) is 0 Å². The van der Waals surface area contributed by atoms with Gasteiger partial charge in [-0.05, 0) is 31.2 Å². The van der Waals surface area contributed by atoms with Gasteiger partial charge in [-0.15, -0.1) is 0 Å². The summed E-state index contributed by atoms with van der Waals surface area (Å²) in [5.74, 6) is -0.0780. The van der Waals surface area contributed by atoms with Crippen molar-refractivity contribution in [3.05, 3.63) is 29.3 Å². The molecule has 0 saturated carbocycles. The first-order valence-corrected chi connectivity index (χ1v) is 6.82. The summed E-state index contributed by atoms with van der Waals surface area (Å²) in [6.45, 7) is 0.289. The van der Waals surface area contributed by atoms with Crippen LogP contribution in [0.15, 0.2) is 18.2 Å². The smallest absolute Gasteiger partial charge is 0.232 e. The van der Waals surface area contributed by atoms with Crippen molar-refractivity contribution in [2.45, 2.75) is 6.42 Å². The van der Waals surface area contributed by atoms with E-state index in [4.69, 9.17) is 16.3 Å². The Hall–Kier alpha value is -2.09. The van der Waals surface area contributed by atoms with Gasteiger partial charge < -0.3 is 5.73 Å². The molecular formula is C11H12N4O2S. The maximum absolute atomic E-state index is 11.6. The second kappa shape index (κ2) is 6.01. The third-order valence-corrected chi connectivity index (χ3v) is 3.52. The molecule has 0 aliphatic heterocycles. The molecule has 0 radical (unpaired) electrons. The van der Waals surface area contributed by atoms with E-state index in [1.54, 1.807) is 0 Å². The minimum absolute atomic E-state index is 0.0780. The number of hydrogen-bond donors (Lipinski definition) is 2. The molecule has 94 valence electrons. The second-order valence-corrected chi connectivity index (χ2v) is 5.39. The summed E-state index contributed by atoms with van der Waals surface area (Å²) in [6.07, 6.45) is 0.358. The van der Waals surface area contributed by atoms with E-state index >= 15 is 0 Å². The largest absolute Gasteiger partial charge is 0.330 e. The standard InChI is InChI=1S/C11H12N4O2S/c12-4-1-5-18(16,17)15-11-3-2-9(7-13)10(6-11)8-14/h2-3,6,15H,1,4-5,12H2. The highest BCUT2D eigenvalue weighted by atomic mass is 32.2. The van der Waals surface area contributed by atoms with Crippen molar-refractivity contribution < 1.29 is 8.42 Å². The van der Waals surface area contributed by atoms with Crippen LogP contribution < -0.4 is 10.5 Å². The zero-order valence-electron chi connectivity index (χ0n) is 9.55. The Morgan fingerprint density at radius 1 is 1.22 bits per heavy atom. The minimum atomic E-state index is -3.46. The molecule has 6 nitrogen and oxygen atoms in total. The van der Waals surface area contributed by atoms with E-state index in [1.807, 2.05) is 12.1 Å². The van der Waals surface area contributed by atoms with Crippen LogP contribution in [0.1, 0.15) is 17.5 Å². The summed E-state index contributed by atoms with van der Waals surface area (Å²) in [4.78, 5) is 0.